The first-order valence-electron chi connectivity index (χ1n) is 10.2. The standard InChI is InChI=1S/C26H30O3/c1-18(27)29-17-20-8-6-19(7-9-20)10-13-24(28)21-11-12-22-23(16-21)26(4,5)15-14-25(22,2)3/h6-9,11-12,16,24,28H,14-15,17H2,1-5H3. The number of ether oxygens (including phenoxy) is 1. The highest BCUT2D eigenvalue weighted by Gasteiger charge is 2.37. The van der Waals surface area contributed by atoms with Crippen LogP contribution in [0.25, 0.3) is 0 Å². The molecule has 29 heavy (non-hydrogen) atoms. The van der Waals surface area contributed by atoms with Gasteiger partial charge in [0.1, 0.15) is 12.7 Å². The number of carbonyl (C=O) groups is 1. The summed E-state index contributed by atoms with van der Waals surface area (Å²) in [5.41, 5.74) is 5.52. The van der Waals surface area contributed by atoms with Crippen molar-refractivity contribution in [3.8, 4) is 11.8 Å². The topological polar surface area (TPSA) is 46.5 Å². The average molecular weight is 391 g/mol. The van der Waals surface area contributed by atoms with Gasteiger partial charge in [0.05, 0.1) is 0 Å². The molecule has 3 nitrogen and oxygen atoms in total. The molecule has 3 heteroatoms. The Hall–Kier alpha value is -2.57. The highest BCUT2D eigenvalue weighted by Crippen LogP contribution is 2.46. The minimum atomic E-state index is -0.832. The van der Waals surface area contributed by atoms with Crippen molar-refractivity contribution in [2.45, 2.75) is 71.0 Å². The van der Waals surface area contributed by atoms with Crippen molar-refractivity contribution in [3.63, 3.8) is 0 Å². The molecule has 1 aliphatic carbocycles. The molecular weight excluding hydrogens is 360 g/mol. The van der Waals surface area contributed by atoms with Crippen LogP contribution >= 0.6 is 0 Å². The maximum absolute atomic E-state index is 10.9. The van der Waals surface area contributed by atoms with E-state index >= 15 is 0 Å². The summed E-state index contributed by atoms with van der Waals surface area (Å²) in [4.78, 5) is 10.9. The van der Waals surface area contributed by atoms with E-state index in [2.05, 4.69) is 51.7 Å². The Balaban J connectivity index is 1.79. The summed E-state index contributed by atoms with van der Waals surface area (Å²) in [7, 11) is 0. The summed E-state index contributed by atoms with van der Waals surface area (Å²) >= 11 is 0. The van der Waals surface area contributed by atoms with E-state index in [0.29, 0.717) is 0 Å². The monoisotopic (exact) mass is 390 g/mol. The van der Waals surface area contributed by atoms with Crippen LogP contribution in [0.1, 0.15) is 81.4 Å². The van der Waals surface area contributed by atoms with E-state index in [9.17, 15) is 9.90 Å². The van der Waals surface area contributed by atoms with Crippen LogP contribution in [0.5, 0.6) is 0 Å². The van der Waals surface area contributed by atoms with Gasteiger partial charge in [-0.3, -0.25) is 4.79 Å². The third-order valence-electron chi connectivity index (χ3n) is 5.94. The Morgan fingerprint density at radius 2 is 1.66 bits per heavy atom. The summed E-state index contributed by atoms with van der Waals surface area (Å²) in [5.74, 6) is 5.71. The molecule has 0 saturated carbocycles. The first kappa shape index (κ1) is 21.1. The Morgan fingerprint density at radius 1 is 1.03 bits per heavy atom. The molecule has 152 valence electrons. The van der Waals surface area contributed by atoms with Gasteiger partial charge in [0, 0.05) is 12.5 Å². The summed E-state index contributed by atoms with van der Waals surface area (Å²) in [6, 6.07) is 13.8. The van der Waals surface area contributed by atoms with Gasteiger partial charge >= 0.3 is 5.97 Å². The fourth-order valence-corrected chi connectivity index (χ4v) is 3.88. The zero-order valence-corrected chi connectivity index (χ0v) is 18.0. The number of hydrogen-bond acceptors (Lipinski definition) is 3. The SMILES string of the molecule is CC(=O)OCc1ccc(C#CC(O)c2ccc3c(c2)C(C)(C)CCC3(C)C)cc1. The molecule has 0 bridgehead atoms. The van der Waals surface area contributed by atoms with Gasteiger partial charge in [0.25, 0.3) is 0 Å². The maximum Gasteiger partial charge on any atom is 0.302 e. The average Bonchev–Trinajstić information content (AvgIpc) is 2.68. The van der Waals surface area contributed by atoms with Crippen LogP contribution in [0.3, 0.4) is 0 Å². The molecule has 0 spiro atoms. The molecule has 0 saturated heterocycles. The molecule has 1 unspecified atom stereocenters. The van der Waals surface area contributed by atoms with Crippen molar-refractivity contribution in [1.82, 2.24) is 0 Å². The zero-order valence-electron chi connectivity index (χ0n) is 18.0. The van der Waals surface area contributed by atoms with Crippen molar-refractivity contribution in [3.05, 3.63) is 70.3 Å². The van der Waals surface area contributed by atoms with Crippen molar-refractivity contribution >= 4 is 5.97 Å². The second kappa shape index (κ2) is 8.05. The van der Waals surface area contributed by atoms with Crippen molar-refractivity contribution in [2.75, 3.05) is 0 Å². The number of rotatable bonds is 3. The summed E-state index contributed by atoms with van der Waals surface area (Å²) in [6.07, 6.45) is 1.47. The predicted octanol–water partition coefficient (Wildman–Crippen LogP) is 5.18. The van der Waals surface area contributed by atoms with Gasteiger partial charge in [-0.25, -0.2) is 0 Å². The number of benzene rings is 2. The summed E-state index contributed by atoms with van der Waals surface area (Å²) < 4.78 is 4.99. The van der Waals surface area contributed by atoms with E-state index in [0.717, 1.165) is 23.1 Å². The third-order valence-corrected chi connectivity index (χ3v) is 5.94. The van der Waals surface area contributed by atoms with Gasteiger partial charge < -0.3 is 9.84 Å². The van der Waals surface area contributed by atoms with Crippen molar-refractivity contribution in [1.29, 1.82) is 0 Å². The third kappa shape index (κ3) is 4.89. The number of esters is 1. The molecule has 0 fully saturated rings. The Kier molecular flexibility index (Phi) is 5.87. The van der Waals surface area contributed by atoms with Crippen molar-refractivity contribution in [2.24, 2.45) is 0 Å². The number of carbonyl (C=O) groups excluding carboxylic acids is 1. The Bertz CT molecular complexity index is 956. The zero-order chi connectivity index (χ0) is 21.2. The van der Waals surface area contributed by atoms with E-state index in [1.54, 1.807) is 0 Å². The number of hydrogen-bond donors (Lipinski definition) is 1. The van der Waals surface area contributed by atoms with Gasteiger partial charge in [-0.05, 0) is 58.1 Å². The highest BCUT2D eigenvalue weighted by molar-refractivity contribution is 5.65. The van der Waals surface area contributed by atoms with E-state index in [1.807, 2.05) is 30.3 Å². The molecule has 0 heterocycles. The van der Waals surface area contributed by atoms with Crippen LogP contribution in [0, 0.1) is 11.8 Å². The number of aliphatic hydroxyl groups is 1. The van der Waals surface area contributed by atoms with Crippen molar-refractivity contribution < 1.29 is 14.6 Å². The minimum Gasteiger partial charge on any atom is -0.461 e. The first-order chi connectivity index (χ1) is 13.6. The van der Waals surface area contributed by atoms with Gasteiger partial charge in [-0.2, -0.15) is 0 Å². The van der Waals surface area contributed by atoms with E-state index in [4.69, 9.17) is 4.74 Å². The van der Waals surface area contributed by atoms with Gasteiger partial charge in [-0.15, -0.1) is 0 Å². The molecule has 1 aliphatic rings. The lowest BCUT2D eigenvalue weighted by molar-refractivity contribution is -0.142. The molecule has 2 aromatic carbocycles. The first-order valence-corrected chi connectivity index (χ1v) is 10.2. The van der Waals surface area contributed by atoms with Crippen LogP contribution in [0.15, 0.2) is 42.5 Å². The lowest BCUT2D eigenvalue weighted by Gasteiger charge is -2.42. The van der Waals surface area contributed by atoms with Crippen LogP contribution in [-0.4, -0.2) is 11.1 Å². The fraction of sp³-hybridized carbons (Fsp3) is 0.423. The normalized spacial score (nSPS) is 17.4. The second-order valence-electron chi connectivity index (χ2n) is 9.22. The molecule has 0 aliphatic heterocycles. The predicted molar refractivity (Wildman–Crippen MR) is 115 cm³/mol. The number of fused-ring (bicyclic) bond motifs is 1. The van der Waals surface area contributed by atoms with Crippen LogP contribution in [0.4, 0.5) is 0 Å². The van der Waals surface area contributed by atoms with Gasteiger partial charge in [0.2, 0.25) is 0 Å². The molecule has 0 aromatic heterocycles. The molecule has 1 N–H and O–H groups in total. The summed E-state index contributed by atoms with van der Waals surface area (Å²) in [6.45, 7) is 10.8. The Morgan fingerprint density at radius 3 is 2.28 bits per heavy atom. The molecule has 1 atom stereocenters. The van der Waals surface area contributed by atoms with Crippen LogP contribution < -0.4 is 0 Å². The number of aliphatic hydroxyl groups excluding tert-OH is 1. The van der Waals surface area contributed by atoms with E-state index < -0.39 is 6.10 Å². The van der Waals surface area contributed by atoms with Gasteiger partial charge in [0.15, 0.2) is 0 Å². The lowest BCUT2D eigenvalue weighted by Crippen LogP contribution is -2.34. The molecular formula is C26H30O3. The van der Waals surface area contributed by atoms with Gasteiger partial charge in [-0.1, -0.05) is 69.9 Å². The molecule has 0 amide bonds. The molecule has 3 rings (SSSR count). The fourth-order valence-electron chi connectivity index (χ4n) is 3.88. The largest absolute Gasteiger partial charge is 0.461 e. The Labute approximate surface area is 174 Å². The van der Waals surface area contributed by atoms with E-state index in [1.165, 1.54) is 24.5 Å². The van der Waals surface area contributed by atoms with E-state index in [-0.39, 0.29) is 23.4 Å². The smallest absolute Gasteiger partial charge is 0.302 e. The van der Waals surface area contributed by atoms with Crippen LogP contribution in [-0.2, 0) is 27.0 Å². The lowest BCUT2D eigenvalue weighted by atomic mass is 9.63. The second-order valence-corrected chi connectivity index (χ2v) is 9.22. The molecule has 0 radical (unpaired) electrons. The highest BCUT2D eigenvalue weighted by atomic mass is 16.5. The molecule has 2 aromatic rings. The minimum absolute atomic E-state index is 0.103. The quantitative estimate of drug-likeness (QED) is 0.580. The maximum atomic E-state index is 10.9. The van der Waals surface area contributed by atoms with Crippen LogP contribution in [0.2, 0.25) is 0 Å². The summed E-state index contributed by atoms with van der Waals surface area (Å²) in [5, 5.41) is 10.7.